The van der Waals surface area contributed by atoms with Crippen LogP contribution in [0, 0.1) is 5.92 Å². The van der Waals surface area contributed by atoms with Crippen molar-refractivity contribution < 1.29 is 14.3 Å². The van der Waals surface area contributed by atoms with E-state index in [9.17, 15) is 4.79 Å². The van der Waals surface area contributed by atoms with Crippen LogP contribution < -0.4 is 0 Å². The van der Waals surface area contributed by atoms with Gasteiger partial charge < -0.3 is 9.47 Å². The molecule has 92 valence electrons. The monoisotopic (exact) mass is 234 g/mol. The van der Waals surface area contributed by atoms with Crippen LogP contribution in [-0.4, -0.2) is 19.2 Å². The molecule has 3 nitrogen and oxygen atoms in total. The number of esters is 1. The lowest BCUT2D eigenvalue weighted by Gasteiger charge is -2.33. The van der Waals surface area contributed by atoms with Crippen molar-refractivity contribution in [3.05, 3.63) is 35.9 Å². The van der Waals surface area contributed by atoms with E-state index < -0.39 is 6.10 Å². The maximum absolute atomic E-state index is 11.5. The maximum atomic E-state index is 11.5. The summed E-state index contributed by atoms with van der Waals surface area (Å²) in [6.07, 6.45) is 1.31. The standard InChI is InChI=1S/C14H18O3/c1-10-8-9-12(14(15)16-2)17-13(10)11-6-4-3-5-7-11/h3-7,10,12-13H,8-9H2,1-2H3/t10-,12-,13-/m0/s1. The van der Waals surface area contributed by atoms with Crippen LogP contribution in [0.3, 0.4) is 0 Å². The summed E-state index contributed by atoms with van der Waals surface area (Å²) in [6.45, 7) is 2.16. The number of carbonyl (C=O) groups excluding carboxylic acids is 1. The van der Waals surface area contributed by atoms with E-state index in [4.69, 9.17) is 9.47 Å². The first-order chi connectivity index (χ1) is 8.22. The van der Waals surface area contributed by atoms with Gasteiger partial charge in [-0.05, 0) is 24.3 Å². The lowest BCUT2D eigenvalue weighted by molar-refractivity contribution is -0.167. The molecular weight excluding hydrogens is 216 g/mol. The van der Waals surface area contributed by atoms with Crippen LogP contribution in [0.5, 0.6) is 0 Å². The number of carbonyl (C=O) groups is 1. The summed E-state index contributed by atoms with van der Waals surface area (Å²) in [6, 6.07) is 10.1. The fourth-order valence-electron chi connectivity index (χ4n) is 2.30. The first-order valence-corrected chi connectivity index (χ1v) is 6.00. The highest BCUT2D eigenvalue weighted by Crippen LogP contribution is 2.36. The Morgan fingerprint density at radius 1 is 1.29 bits per heavy atom. The Morgan fingerprint density at radius 3 is 2.65 bits per heavy atom. The van der Waals surface area contributed by atoms with Gasteiger partial charge in [0.1, 0.15) is 0 Å². The molecule has 0 spiro atoms. The van der Waals surface area contributed by atoms with Crippen LogP contribution in [0.15, 0.2) is 30.3 Å². The van der Waals surface area contributed by atoms with Crippen LogP contribution >= 0.6 is 0 Å². The second-order valence-corrected chi connectivity index (χ2v) is 4.53. The number of methoxy groups -OCH3 is 1. The molecule has 1 aromatic carbocycles. The molecule has 1 aromatic rings. The average molecular weight is 234 g/mol. The first kappa shape index (κ1) is 12.1. The normalized spacial score (nSPS) is 28.7. The zero-order valence-electron chi connectivity index (χ0n) is 10.3. The summed E-state index contributed by atoms with van der Waals surface area (Å²) < 4.78 is 10.6. The molecule has 0 aromatic heterocycles. The number of hydrogen-bond acceptors (Lipinski definition) is 3. The second-order valence-electron chi connectivity index (χ2n) is 4.53. The van der Waals surface area contributed by atoms with E-state index >= 15 is 0 Å². The molecule has 1 aliphatic rings. The largest absolute Gasteiger partial charge is 0.467 e. The van der Waals surface area contributed by atoms with Crippen molar-refractivity contribution in [1.82, 2.24) is 0 Å². The minimum absolute atomic E-state index is 0.00551. The summed E-state index contributed by atoms with van der Waals surface area (Å²) in [5, 5.41) is 0. The van der Waals surface area contributed by atoms with E-state index in [1.165, 1.54) is 7.11 Å². The van der Waals surface area contributed by atoms with Gasteiger partial charge >= 0.3 is 5.97 Å². The maximum Gasteiger partial charge on any atom is 0.335 e. The van der Waals surface area contributed by atoms with Gasteiger partial charge in [-0.1, -0.05) is 37.3 Å². The van der Waals surface area contributed by atoms with Crippen molar-refractivity contribution in [2.45, 2.75) is 32.0 Å². The van der Waals surface area contributed by atoms with Crippen LogP contribution in [0.1, 0.15) is 31.4 Å². The predicted octanol–water partition coefficient (Wildman–Crippen LogP) is 2.72. The van der Waals surface area contributed by atoms with Crippen molar-refractivity contribution in [3.63, 3.8) is 0 Å². The Balaban J connectivity index is 2.13. The fraction of sp³-hybridized carbons (Fsp3) is 0.500. The third kappa shape index (κ3) is 2.67. The lowest BCUT2D eigenvalue weighted by Crippen LogP contribution is -2.34. The van der Waals surface area contributed by atoms with Crippen LogP contribution in [0.4, 0.5) is 0 Å². The van der Waals surface area contributed by atoms with Gasteiger partial charge in [-0.15, -0.1) is 0 Å². The number of rotatable bonds is 2. The van der Waals surface area contributed by atoms with E-state index in [1.807, 2.05) is 30.3 Å². The highest BCUT2D eigenvalue weighted by atomic mass is 16.6. The average Bonchev–Trinajstić information content (AvgIpc) is 2.39. The van der Waals surface area contributed by atoms with Gasteiger partial charge in [0.25, 0.3) is 0 Å². The Labute approximate surface area is 102 Å². The molecule has 0 amide bonds. The Kier molecular flexibility index (Phi) is 3.79. The minimum Gasteiger partial charge on any atom is -0.467 e. The molecule has 2 rings (SSSR count). The van der Waals surface area contributed by atoms with Gasteiger partial charge in [0.05, 0.1) is 13.2 Å². The van der Waals surface area contributed by atoms with Gasteiger partial charge in [0, 0.05) is 0 Å². The molecule has 1 saturated heterocycles. The summed E-state index contributed by atoms with van der Waals surface area (Å²) in [5.41, 5.74) is 1.13. The molecule has 0 N–H and O–H groups in total. The molecule has 1 fully saturated rings. The minimum atomic E-state index is -0.415. The first-order valence-electron chi connectivity index (χ1n) is 6.00. The fourth-order valence-corrected chi connectivity index (χ4v) is 2.30. The summed E-state index contributed by atoms with van der Waals surface area (Å²) in [7, 11) is 1.40. The van der Waals surface area contributed by atoms with E-state index in [0.717, 1.165) is 18.4 Å². The van der Waals surface area contributed by atoms with Gasteiger partial charge in [0.15, 0.2) is 6.10 Å². The number of hydrogen-bond donors (Lipinski definition) is 0. The molecule has 0 unspecified atom stereocenters. The third-order valence-electron chi connectivity index (χ3n) is 3.30. The summed E-state index contributed by atoms with van der Waals surface area (Å²) >= 11 is 0. The third-order valence-corrected chi connectivity index (χ3v) is 3.30. The second kappa shape index (κ2) is 5.32. The van der Waals surface area contributed by atoms with Gasteiger partial charge in [0.2, 0.25) is 0 Å². The molecule has 0 radical (unpaired) electrons. The van der Waals surface area contributed by atoms with Crippen molar-refractivity contribution in [1.29, 1.82) is 0 Å². The van der Waals surface area contributed by atoms with Crippen molar-refractivity contribution in [2.24, 2.45) is 5.92 Å². The van der Waals surface area contributed by atoms with Gasteiger partial charge in [-0.25, -0.2) is 4.79 Å². The quantitative estimate of drug-likeness (QED) is 0.738. The van der Waals surface area contributed by atoms with E-state index in [-0.39, 0.29) is 12.1 Å². The Bertz CT molecular complexity index is 374. The van der Waals surface area contributed by atoms with Gasteiger partial charge in [-0.3, -0.25) is 0 Å². The highest BCUT2D eigenvalue weighted by Gasteiger charge is 2.33. The number of benzene rings is 1. The molecule has 1 heterocycles. The predicted molar refractivity (Wildman–Crippen MR) is 64.5 cm³/mol. The van der Waals surface area contributed by atoms with Crippen molar-refractivity contribution in [3.8, 4) is 0 Å². The highest BCUT2D eigenvalue weighted by molar-refractivity contribution is 5.74. The zero-order valence-corrected chi connectivity index (χ0v) is 10.3. The molecule has 1 aliphatic heterocycles. The Morgan fingerprint density at radius 2 is 2.00 bits per heavy atom. The van der Waals surface area contributed by atoms with E-state index in [0.29, 0.717) is 5.92 Å². The summed E-state index contributed by atoms with van der Waals surface area (Å²) in [5.74, 6) is 0.163. The van der Waals surface area contributed by atoms with E-state index in [2.05, 4.69) is 6.92 Å². The van der Waals surface area contributed by atoms with Crippen molar-refractivity contribution in [2.75, 3.05) is 7.11 Å². The van der Waals surface area contributed by atoms with Crippen LogP contribution in [0.2, 0.25) is 0 Å². The van der Waals surface area contributed by atoms with Crippen LogP contribution in [0.25, 0.3) is 0 Å². The topological polar surface area (TPSA) is 35.5 Å². The molecule has 3 atom stereocenters. The molecular formula is C14H18O3. The zero-order chi connectivity index (χ0) is 12.3. The lowest BCUT2D eigenvalue weighted by atomic mass is 9.89. The molecule has 0 aliphatic carbocycles. The smallest absolute Gasteiger partial charge is 0.335 e. The van der Waals surface area contributed by atoms with Crippen LogP contribution in [-0.2, 0) is 14.3 Å². The van der Waals surface area contributed by atoms with Gasteiger partial charge in [-0.2, -0.15) is 0 Å². The molecule has 3 heteroatoms. The Hall–Kier alpha value is -1.35. The summed E-state index contributed by atoms with van der Waals surface area (Å²) in [4.78, 5) is 11.5. The molecule has 0 bridgehead atoms. The molecule has 0 saturated carbocycles. The van der Waals surface area contributed by atoms with E-state index in [1.54, 1.807) is 0 Å². The number of ether oxygens (including phenoxy) is 2. The molecule has 17 heavy (non-hydrogen) atoms. The van der Waals surface area contributed by atoms with Crippen molar-refractivity contribution >= 4 is 5.97 Å². The SMILES string of the molecule is COC(=O)[C@@H]1CC[C@H](C)[C@@H](c2ccccc2)O1.